The van der Waals surface area contributed by atoms with Gasteiger partial charge in [-0.3, -0.25) is 0 Å². The van der Waals surface area contributed by atoms with Gasteiger partial charge in [0, 0.05) is 17.5 Å². The zero-order valence-corrected chi connectivity index (χ0v) is 12.1. The number of sulfonamides is 1. The molecule has 2 rings (SSSR count). The highest BCUT2D eigenvalue weighted by Gasteiger charge is 2.03. The predicted octanol–water partition coefficient (Wildman–Crippen LogP) is 1.48. The van der Waals surface area contributed by atoms with Crippen LogP contribution in [-0.2, 0) is 16.4 Å². The summed E-state index contributed by atoms with van der Waals surface area (Å²) in [4.78, 5) is 4.21. The van der Waals surface area contributed by atoms with Crippen molar-refractivity contribution in [2.45, 2.75) is 6.42 Å². The average molecular weight is 297 g/mol. The first-order valence-corrected chi connectivity index (χ1v) is 8.46. The molecule has 0 amide bonds. The van der Waals surface area contributed by atoms with E-state index >= 15 is 0 Å². The molecule has 0 fully saturated rings. The summed E-state index contributed by atoms with van der Waals surface area (Å²) in [6.07, 6.45) is 1.81. The highest BCUT2D eigenvalue weighted by molar-refractivity contribution is 7.88. The van der Waals surface area contributed by atoms with Crippen LogP contribution in [0.2, 0.25) is 0 Å². The topological polar surface area (TPSA) is 85.1 Å². The molecular weight excluding hydrogens is 282 g/mol. The standard InChI is InChI=1S/C12H15N3O2S2/c1-19(16,17)14-7-6-9-2-4-10(5-3-9)11-8-18-12(13)15-11/h2-5,8,14H,6-7H2,1H3,(H2,13,15). The van der Waals surface area contributed by atoms with Crippen LogP contribution >= 0.6 is 11.3 Å². The first-order valence-electron chi connectivity index (χ1n) is 5.69. The molecule has 0 saturated heterocycles. The maximum atomic E-state index is 10.9. The number of aromatic nitrogens is 1. The number of thiazole rings is 1. The van der Waals surface area contributed by atoms with Crippen molar-refractivity contribution in [2.75, 3.05) is 18.5 Å². The fraction of sp³-hybridized carbons (Fsp3) is 0.250. The van der Waals surface area contributed by atoms with Gasteiger partial charge < -0.3 is 5.73 Å². The van der Waals surface area contributed by atoms with Crippen LogP contribution in [-0.4, -0.2) is 26.2 Å². The summed E-state index contributed by atoms with van der Waals surface area (Å²) < 4.78 is 24.3. The fourth-order valence-corrected chi connectivity index (χ4v) is 2.69. The van der Waals surface area contributed by atoms with Gasteiger partial charge in [-0.15, -0.1) is 11.3 Å². The van der Waals surface area contributed by atoms with Gasteiger partial charge in [-0.05, 0) is 12.0 Å². The molecule has 5 nitrogen and oxygen atoms in total. The van der Waals surface area contributed by atoms with Gasteiger partial charge in [0.2, 0.25) is 10.0 Å². The van der Waals surface area contributed by atoms with Gasteiger partial charge in [0.05, 0.1) is 11.9 Å². The number of hydrogen-bond donors (Lipinski definition) is 2. The number of benzene rings is 1. The van der Waals surface area contributed by atoms with E-state index in [-0.39, 0.29) is 0 Å². The molecule has 1 heterocycles. The van der Waals surface area contributed by atoms with E-state index in [9.17, 15) is 8.42 Å². The van der Waals surface area contributed by atoms with E-state index in [1.54, 1.807) is 0 Å². The summed E-state index contributed by atoms with van der Waals surface area (Å²) in [7, 11) is -3.12. The molecule has 2 aromatic rings. The first kappa shape index (κ1) is 14.0. The minimum absolute atomic E-state index is 0.405. The van der Waals surface area contributed by atoms with Crippen LogP contribution in [0.5, 0.6) is 0 Å². The number of nitrogens with two attached hydrogens (primary N) is 1. The second-order valence-electron chi connectivity index (χ2n) is 4.18. The quantitative estimate of drug-likeness (QED) is 0.875. The zero-order chi connectivity index (χ0) is 13.9. The van der Waals surface area contributed by atoms with Crippen molar-refractivity contribution in [1.82, 2.24) is 9.71 Å². The van der Waals surface area contributed by atoms with E-state index in [1.807, 2.05) is 29.6 Å². The molecule has 0 spiro atoms. The number of nitrogens with zero attached hydrogens (tertiary/aromatic N) is 1. The lowest BCUT2D eigenvalue weighted by molar-refractivity contribution is 0.588. The van der Waals surface area contributed by atoms with Gasteiger partial charge in [-0.1, -0.05) is 24.3 Å². The summed E-state index contributed by atoms with van der Waals surface area (Å²) in [6, 6.07) is 7.86. The fourth-order valence-electron chi connectivity index (χ4n) is 1.64. The molecule has 3 N–H and O–H groups in total. The van der Waals surface area contributed by atoms with Crippen molar-refractivity contribution in [3.63, 3.8) is 0 Å². The molecule has 0 saturated carbocycles. The number of anilines is 1. The van der Waals surface area contributed by atoms with Crippen LogP contribution in [0.3, 0.4) is 0 Å². The Bertz CT molecular complexity index is 648. The van der Waals surface area contributed by atoms with E-state index in [1.165, 1.54) is 11.3 Å². The molecule has 1 aromatic heterocycles. The average Bonchev–Trinajstić information content (AvgIpc) is 2.75. The van der Waals surface area contributed by atoms with Crippen molar-refractivity contribution >= 4 is 26.5 Å². The van der Waals surface area contributed by atoms with Crippen LogP contribution < -0.4 is 10.5 Å². The number of rotatable bonds is 5. The molecule has 0 bridgehead atoms. The maximum Gasteiger partial charge on any atom is 0.208 e. The Morgan fingerprint density at radius 1 is 1.32 bits per heavy atom. The monoisotopic (exact) mass is 297 g/mol. The second kappa shape index (κ2) is 5.68. The molecular formula is C12H15N3O2S2. The molecule has 0 atom stereocenters. The van der Waals surface area contributed by atoms with Gasteiger partial charge in [0.25, 0.3) is 0 Å². The van der Waals surface area contributed by atoms with Gasteiger partial charge in [0.1, 0.15) is 0 Å². The Labute approximate surface area is 116 Å². The number of nitrogens with one attached hydrogen (secondary N) is 1. The molecule has 1 aromatic carbocycles. The largest absolute Gasteiger partial charge is 0.375 e. The molecule has 0 unspecified atom stereocenters. The smallest absolute Gasteiger partial charge is 0.208 e. The van der Waals surface area contributed by atoms with E-state index < -0.39 is 10.0 Å². The zero-order valence-electron chi connectivity index (χ0n) is 10.5. The van der Waals surface area contributed by atoms with Gasteiger partial charge >= 0.3 is 0 Å². The Balaban J connectivity index is 1.99. The Hall–Kier alpha value is -1.44. The lowest BCUT2D eigenvalue weighted by atomic mass is 10.1. The molecule has 0 aliphatic carbocycles. The summed E-state index contributed by atoms with van der Waals surface area (Å²) in [5, 5.41) is 2.46. The van der Waals surface area contributed by atoms with Crippen LogP contribution in [0.25, 0.3) is 11.3 Å². The van der Waals surface area contributed by atoms with Gasteiger partial charge in [0.15, 0.2) is 5.13 Å². The minimum Gasteiger partial charge on any atom is -0.375 e. The van der Waals surface area contributed by atoms with Crippen LogP contribution in [0.4, 0.5) is 5.13 Å². The lowest BCUT2D eigenvalue weighted by Crippen LogP contribution is -2.24. The first-order chi connectivity index (χ1) is 8.94. The summed E-state index contributed by atoms with van der Waals surface area (Å²) in [5.74, 6) is 0. The van der Waals surface area contributed by atoms with Crippen molar-refractivity contribution in [3.05, 3.63) is 35.2 Å². The summed E-state index contributed by atoms with van der Waals surface area (Å²) in [6.45, 7) is 0.405. The van der Waals surface area contributed by atoms with Crippen molar-refractivity contribution < 1.29 is 8.42 Å². The van der Waals surface area contributed by atoms with Crippen molar-refractivity contribution in [3.8, 4) is 11.3 Å². The highest BCUT2D eigenvalue weighted by atomic mass is 32.2. The molecule has 102 valence electrons. The Morgan fingerprint density at radius 3 is 2.53 bits per heavy atom. The number of nitrogen functional groups attached to an aromatic ring is 1. The molecule has 0 aliphatic rings. The third-order valence-electron chi connectivity index (χ3n) is 2.55. The summed E-state index contributed by atoms with van der Waals surface area (Å²) >= 11 is 1.41. The Kier molecular flexibility index (Phi) is 4.18. The van der Waals surface area contributed by atoms with Crippen LogP contribution in [0.15, 0.2) is 29.6 Å². The van der Waals surface area contributed by atoms with Crippen LogP contribution in [0.1, 0.15) is 5.56 Å². The minimum atomic E-state index is -3.12. The predicted molar refractivity (Wildman–Crippen MR) is 78.5 cm³/mol. The van der Waals surface area contributed by atoms with E-state index in [4.69, 9.17) is 5.73 Å². The normalized spacial score (nSPS) is 11.6. The molecule has 0 radical (unpaired) electrons. The molecule has 0 aliphatic heterocycles. The third kappa shape index (κ3) is 4.30. The third-order valence-corrected chi connectivity index (χ3v) is 3.95. The van der Waals surface area contributed by atoms with Gasteiger partial charge in [-0.2, -0.15) is 0 Å². The van der Waals surface area contributed by atoms with Crippen LogP contribution in [0, 0.1) is 0 Å². The van der Waals surface area contributed by atoms with Crippen molar-refractivity contribution in [1.29, 1.82) is 0 Å². The molecule has 19 heavy (non-hydrogen) atoms. The highest BCUT2D eigenvalue weighted by Crippen LogP contribution is 2.23. The van der Waals surface area contributed by atoms with Crippen molar-refractivity contribution in [2.24, 2.45) is 0 Å². The lowest BCUT2D eigenvalue weighted by Gasteiger charge is -2.03. The van der Waals surface area contributed by atoms with Gasteiger partial charge in [-0.25, -0.2) is 18.1 Å². The summed E-state index contributed by atoms with van der Waals surface area (Å²) in [5.41, 5.74) is 8.54. The maximum absolute atomic E-state index is 10.9. The molecule has 7 heteroatoms. The Morgan fingerprint density at radius 2 is 2.00 bits per heavy atom. The van der Waals surface area contributed by atoms with E-state index in [0.29, 0.717) is 18.1 Å². The van der Waals surface area contributed by atoms with E-state index in [0.717, 1.165) is 23.1 Å². The SMILES string of the molecule is CS(=O)(=O)NCCc1ccc(-c2csc(N)n2)cc1. The van der Waals surface area contributed by atoms with E-state index in [2.05, 4.69) is 9.71 Å². The second-order valence-corrected chi connectivity index (χ2v) is 6.91. The number of hydrogen-bond acceptors (Lipinski definition) is 5.